The molecule has 7 nitrogen and oxygen atoms in total. The highest BCUT2D eigenvalue weighted by molar-refractivity contribution is 6.32. The summed E-state index contributed by atoms with van der Waals surface area (Å²) in [4.78, 5) is 27.8. The first-order chi connectivity index (χ1) is 12.7. The molecule has 146 valence electrons. The number of aromatic nitrogens is 1. The molecule has 2 N–H and O–H groups in total. The maximum atomic E-state index is 12.9. The molecule has 0 fully saturated rings. The molecule has 2 aromatic rings. The van der Waals surface area contributed by atoms with Gasteiger partial charge in [-0.15, -0.1) is 0 Å². The number of H-pyrrole nitrogens is 1. The van der Waals surface area contributed by atoms with Gasteiger partial charge in [0.1, 0.15) is 11.5 Å². The van der Waals surface area contributed by atoms with Crippen molar-refractivity contribution in [3.8, 4) is 11.5 Å². The summed E-state index contributed by atoms with van der Waals surface area (Å²) >= 11 is 6.18. The number of rotatable bonds is 7. The van der Waals surface area contributed by atoms with E-state index in [9.17, 15) is 9.59 Å². The second-order valence-electron chi connectivity index (χ2n) is 6.03. The van der Waals surface area contributed by atoms with Gasteiger partial charge in [0.2, 0.25) is 5.78 Å². The molecule has 1 atom stereocenters. The van der Waals surface area contributed by atoms with Gasteiger partial charge < -0.3 is 24.5 Å². The molecule has 8 heteroatoms. The summed E-state index contributed by atoms with van der Waals surface area (Å²) in [7, 11) is 4.33. The smallest absolute Gasteiger partial charge is 0.339 e. The molecular weight excluding hydrogens is 372 g/mol. The van der Waals surface area contributed by atoms with Crippen LogP contribution in [0.15, 0.2) is 12.1 Å². The van der Waals surface area contributed by atoms with Crippen LogP contribution < -0.4 is 14.8 Å². The fraction of sp³-hybridized carbons (Fsp3) is 0.368. The zero-order valence-corrected chi connectivity index (χ0v) is 16.9. The zero-order valence-electron chi connectivity index (χ0n) is 16.2. The van der Waals surface area contributed by atoms with Crippen LogP contribution in [0.1, 0.15) is 39.0 Å². The van der Waals surface area contributed by atoms with Crippen molar-refractivity contribution in [3.05, 3.63) is 39.7 Å². The minimum absolute atomic E-state index is 0.209. The standard InChI is InChI=1S/C19H23ClN2O5/c1-9-16(19(24)27-6)10(2)22-17(9)18(23)11(3)21-13-7-12(20)14(25-4)8-15(13)26-5/h7-8,11,21-22H,1-6H3/t11-/m1/s1. The van der Waals surface area contributed by atoms with Gasteiger partial charge in [0.15, 0.2) is 0 Å². The van der Waals surface area contributed by atoms with Crippen molar-refractivity contribution < 1.29 is 23.8 Å². The lowest BCUT2D eigenvalue weighted by atomic mass is 10.0. The minimum Gasteiger partial charge on any atom is -0.495 e. The van der Waals surface area contributed by atoms with Crippen LogP contribution in [0.5, 0.6) is 11.5 Å². The highest BCUT2D eigenvalue weighted by atomic mass is 35.5. The predicted molar refractivity (Wildman–Crippen MR) is 104 cm³/mol. The van der Waals surface area contributed by atoms with E-state index in [0.29, 0.717) is 44.7 Å². The van der Waals surface area contributed by atoms with Crippen molar-refractivity contribution in [2.75, 3.05) is 26.6 Å². The average molecular weight is 395 g/mol. The lowest BCUT2D eigenvalue weighted by molar-refractivity contribution is 0.0599. The van der Waals surface area contributed by atoms with Gasteiger partial charge in [0, 0.05) is 11.8 Å². The number of hydrogen-bond donors (Lipinski definition) is 2. The molecule has 2 rings (SSSR count). The van der Waals surface area contributed by atoms with E-state index in [-0.39, 0.29) is 5.78 Å². The molecule has 0 spiro atoms. The average Bonchev–Trinajstić information content (AvgIpc) is 2.94. The van der Waals surface area contributed by atoms with E-state index in [4.69, 9.17) is 25.8 Å². The topological polar surface area (TPSA) is 89.7 Å². The Morgan fingerprint density at radius 3 is 2.30 bits per heavy atom. The number of benzene rings is 1. The normalized spacial score (nSPS) is 11.7. The minimum atomic E-state index is -0.606. The summed E-state index contributed by atoms with van der Waals surface area (Å²) in [5.74, 6) is 0.270. The Hall–Kier alpha value is -2.67. The molecule has 0 aliphatic carbocycles. The second kappa shape index (κ2) is 8.35. The first kappa shape index (κ1) is 20.6. The van der Waals surface area contributed by atoms with Gasteiger partial charge in [0.05, 0.1) is 49.3 Å². The summed E-state index contributed by atoms with van der Waals surface area (Å²) < 4.78 is 15.3. The molecule has 27 heavy (non-hydrogen) atoms. The third kappa shape index (κ3) is 4.03. The van der Waals surface area contributed by atoms with E-state index in [1.54, 1.807) is 32.9 Å². The zero-order chi connectivity index (χ0) is 20.3. The number of carbonyl (C=O) groups is 2. The van der Waals surface area contributed by atoms with E-state index < -0.39 is 12.0 Å². The second-order valence-corrected chi connectivity index (χ2v) is 6.44. The van der Waals surface area contributed by atoms with Crippen molar-refractivity contribution in [2.45, 2.75) is 26.8 Å². The van der Waals surface area contributed by atoms with Crippen LogP contribution in [0.4, 0.5) is 5.69 Å². The van der Waals surface area contributed by atoms with E-state index in [0.717, 1.165) is 0 Å². The van der Waals surface area contributed by atoms with E-state index in [2.05, 4.69) is 10.3 Å². The number of ketones is 1. The van der Waals surface area contributed by atoms with Gasteiger partial charge in [-0.2, -0.15) is 0 Å². The number of aromatic amines is 1. The van der Waals surface area contributed by atoms with Crippen molar-refractivity contribution in [1.29, 1.82) is 0 Å². The van der Waals surface area contributed by atoms with Crippen molar-refractivity contribution in [1.82, 2.24) is 4.98 Å². The maximum absolute atomic E-state index is 12.9. The van der Waals surface area contributed by atoms with Crippen molar-refractivity contribution in [2.24, 2.45) is 0 Å². The van der Waals surface area contributed by atoms with Gasteiger partial charge >= 0.3 is 5.97 Å². The van der Waals surface area contributed by atoms with Gasteiger partial charge in [-0.25, -0.2) is 4.79 Å². The fourth-order valence-corrected chi connectivity index (χ4v) is 3.13. The van der Waals surface area contributed by atoms with Crippen LogP contribution in [-0.4, -0.2) is 44.1 Å². The Labute approximate surface area is 162 Å². The number of carbonyl (C=O) groups excluding carboxylic acids is 2. The van der Waals surface area contributed by atoms with Crippen molar-refractivity contribution >= 4 is 29.0 Å². The SMILES string of the molecule is COC(=O)c1c(C)[nH]c(C(=O)[C@@H](C)Nc2cc(Cl)c(OC)cc2OC)c1C. The molecule has 0 amide bonds. The molecule has 1 aromatic carbocycles. The lowest BCUT2D eigenvalue weighted by Gasteiger charge is -2.18. The first-order valence-corrected chi connectivity index (χ1v) is 8.62. The fourth-order valence-electron chi connectivity index (χ4n) is 2.89. The Balaban J connectivity index is 2.32. The Kier molecular flexibility index (Phi) is 6.38. The van der Waals surface area contributed by atoms with Crippen LogP contribution in [0.25, 0.3) is 0 Å². The Morgan fingerprint density at radius 2 is 1.74 bits per heavy atom. The van der Waals surface area contributed by atoms with Crippen LogP contribution in [-0.2, 0) is 4.74 Å². The van der Waals surface area contributed by atoms with E-state index in [1.807, 2.05) is 0 Å². The van der Waals surface area contributed by atoms with Crippen molar-refractivity contribution in [3.63, 3.8) is 0 Å². The number of nitrogens with one attached hydrogen (secondary N) is 2. The molecule has 0 aliphatic rings. The van der Waals surface area contributed by atoms with Crippen LogP contribution in [0.2, 0.25) is 5.02 Å². The number of esters is 1. The molecule has 1 heterocycles. The van der Waals surface area contributed by atoms with Gasteiger partial charge in [-0.3, -0.25) is 4.79 Å². The number of anilines is 1. The summed E-state index contributed by atoms with van der Waals surface area (Å²) in [5, 5.41) is 3.49. The van der Waals surface area contributed by atoms with Gasteiger partial charge in [0.25, 0.3) is 0 Å². The number of methoxy groups -OCH3 is 3. The molecule has 0 saturated heterocycles. The number of ether oxygens (including phenoxy) is 3. The molecule has 0 bridgehead atoms. The number of halogens is 1. The van der Waals surface area contributed by atoms with Crippen LogP contribution >= 0.6 is 11.6 Å². The Morgan fingerprint density at radius 1 is 1.11 bits per heavy atom. The highest BCUT2D eigenvalue weighted by Gasteiger charge is 2.26. The summed E-state index contributed by atoms with van der Waals surface area (Å²) in [6.45, 7) is 5.15. The summed E-state index contributed by atoms with van der Waals surface area (Å²) in [6.07, 6.45) is 0. The molecule has 1 aromatic heterocycles. The highest BCUT2D eigenvalue weighted by Crippen LogP contribution is 2.36. The number of Topliss-reactive ketones (excluding diaryl/α,β-unsaturated/α-hetero) is 1. The molecule has 0 unspecified atom stereocenters. The third-order valence-corrected chi connectivity index (χ3v) is 4.61. The number of aryl methyl sites for hydroxylation is 1. The van der Waals surface area contributed by atoms with Crippen LogP contribution in [0.3, 0.4) is 0 Å². The van der Waals surface area contributed by atoms with E-state index in [1.165, 1.54) is 21.3 Å². The molecule has 0 radical (unpaired) electrons. The van der Waals surface area contributed by atoms with Crippen LogP contribution in [0, 0.1) is 13.8 Å². The molecule has 0 saturated carbocycles. The third-order valence-electron chi connectivity index (χ3n) is 4.31. The summed E-state index contributed by atoms with van der Waals surface area (Å²) in [6, 6.07) is 2.67. The quantitative estimate of drug-likeness (QED) is 0.548. The number of hydrogen-bond acceptors (Lipinski definition) is 6. The first-order valence-electron chi connectivity index (χ1n) is 8.24. The largest absolute Gasteiger partial charge is 0.495 e. The van der Waals surface area contributed by atoms with Gasteiger partial charge in [-0.1, -0.05) is 11.6 Å². The van der Waals surface area contributed by atoms with Gasteiger partial charge in [-0.05, 0) is 32.4 Å². The molecule has 0 aliphatic heterocycles. The summed E-state index contributed by atoms with van der Waals surface area (Å²) in [5.41, 5.74) is 2.42. The lowest BCUT2D eigenvalue weighted by Crippen LogP contribution is -2.27. The predicted octanol–water partition coefficient (Wildman–Crippen LogP) is 3.77. The Bertz CT molecular complexity index is 875. The monoisotopic (exact) mass is 394 g/mol. The van der Waals surface area contributed by atoms with E-state index >= 15 is 0 Å². The molecular formula is C19H23ClN2O5. The maximum Gasteiger partial charge on any atom is 0.339 e.